The molecule has 0 aromatic heterocycles. The van der Waals surface area contributed by atoms with Gasteiger partial charge in [0.2, 0.25) is 0 Å². The van der Waals surface area contributed by atoms with Gasteiger partial charge in [0.05, 0.1) is 4.47 Å². The lowest BCUT2D eigenvalue weighted by Crippen LogP contribution is -1.94. The van der Waals surface area contributed by atoms with E-state index in [4.69, 9.17) is 0 Å². The molecule has 0 saturated carbocycles. The number of rotatable bonds is 1. The van der Waals surface area contributed by atoms with Gasteiger partial charge in [-0.25, -0.2) is 0 Å². The first-order valence-electron chi connectivity index (χ1n) is 4.52. The Kier molecular flexibility index (Phi) is 2.49. The molecule has 0 heterocycles. The van der Waals surface area contributed by atoms with Crippen molar-refractivity contribution in [3.05, 3.63) is 40.4 Å². The third kappa shape index (κ3) is 1.63. The second-order valence-corrected chi connectivity index (χ2v) is 4.21. The van der Waals surface area contributed by atoms with E-state index in [0.717, 1.165) is 5.39 Å². The van der Waals surface area contributed by atoms with Crippen LogP contribution >= 0.6 is 15.9 Å². The molecule has 0 aliphatic carbocycles. The fourth-order valence-electron chi connectivity index (χ4n) is 1.62. The topological polar surface area (TPSA) is 37.3 Å². The molecule has 2 aromatic carbocycles. The quantitative estimate of drug-likeness (QED) is 0.801. The summed E-state index contributed by atoms with van der Waals surface area (Å²) in [7, 11) is 0. The van der Waals surface area contributed by atoms with Gasteiger partial charge in [-0.3, -0.25) is 4.79 Å². The molecule has 0 aliphatic heterocycles. The van der Waals surface area contributed by atoms with E-state index in [1.807, 2.05) is 18.2 Å². The van der Waals surface area contributed by atoms with Crippen LogP contribution in [0, 0.1) is 0 Å². The molecule has 2 aromatic rings. The summed E-state index contributed by atoms with van der Waals surface area (Å²) in [5.74, 6) is 0.169. The summed E-state index contributed by atoms with van der Waals surface area (Å²) in [6.45, 7) is 1.52. The van der Waals surface area contributed by atoms with Gasteiger partial charge in [0, 0.05) is 10.9 Å². The molecular formula is C12H9BrO2. The van der Waals surface area contributed by atoms with Gasteiger partial charge in [-0.1, -0.05) is 24.3 Å². The lowest BCUT2D eigenvalue weighted by atomic mass is 10.0. The van der Waals surface area contributed by atoms with Gasteiger partial charge < -0.3 is 5.11 Å². The maximum absolute atomic E-state index is 11.4. The highest BCUT2D eigenvalue weighted by Gasteiger charge is 2.11. The molecule has 15 heavy (non-hydrogen) atoms. The lowest BCUT2D eigenvalue weighted by molar-refractivity contribution is 0.101. The van der Waals surface area contributed by atoms with E-state index in [1.54, 1.807) is 12.1 Å². The minimum absolute atomic E-state index is 0.00750. The number of benzene rings is 2. The van der Waals surface area contributed by atoms with Gasteiger partial charge in [0.15, 0.2) is 5.78 Å². The SMILES string of the molecule is CC(=O)c1cc(Br)c(O)c2ccccc12. The van der Waals surface area contributed by atoms with E-state index < -0.39 is 0 Å². The van der Waals surface area contributed by atoms with E-state index >= 15 is 0 Å². The van der Waals surface area contributed by atoms with E-state index in [9.17, 15) is 9.90 Å². The van der Waals surface area contributed by atoms with Crippen LogP contribution in [0.1, 0.15) is 17.3 Å². The molecule has 1 N–H and O–H groups in total. The zero-order valence-corrected chi connectivity index (χ0v) is 9.71. The Hall–Kier alpha value is -1.35. The zero-order chi connectivity index (χ0) is 11.0. The Labute approximate surface area is 95.7 Å². The number of phenols is 1. The molecular weight excluding hydrogens is 256 g/mol. The van der Waals surface area contributed by atoms with Crippen molar-refractivity contribution in [2.45, 2.75) is 6.92 Å². The summed E-state index contributed by atoms with van der Waals surface area (Å²) in [6, 6.07) is 8.96. The standard InChI is InChI=1S/C12H9BrO2/c1-7(14)10-6-11(13)12(15)9-5-3-2-4-8(9)10/h2-6,15H,1H3. The van der Waals surface area contributed by atoms with E-state index in [-0.39, 0.29) is 11.5 Å². The largest absolute Gasteiger partial charge is 0.506 e. The highest BCUT2D eigenvalue weighted by atomic mass is 79.9. The van der Waals surface area contributed by atoms with Crippen molar-refractivity contribution in [1.82, 2.24) is 0 Å². The van der Waals surface area contributed by atoms with Crippen LogP contribution in [0.4, 0.5) is 0 Å². The van der Waals surface area contributed by atoms with E-state index in [0.29, 0.717) is 15.4 Å². The maximum Gasteiger partial charge on any atom is 0.160 e. The van der Waals surface area contributed by atoms with Crippen LogP contribution in [0.2, 0.25) is 0 Å². The van der Waals surface area contributed by atoms with Crippen LogP contribution in [-0.4, -0.2) is 10.9 Å². The molecule has 2 nitrogen and oxygen atoms in total. The van der Waals surface area contributed by atoms with Gasteiger partial charge in [0.1, 0.15) is 5.75 Å². The number of carbonyl (C=O) groups is 1. The van der Waals surface area contributed by atoms with Gasteiger partial charge in [0.25, 0.3) is 0 Å². The van der Waals surface area contributed by atoms with Crippen molar-refractivity contribution in [1.29, 1.82) is 0 Å². The number of ketones is 1. The molecule has 0 bridgehead atoms. The Morgan fingerprint density at radius 2 is 1.87 bits per heavy atom. The Bertz CT molecular complexity index is 547. The summed E-state index contributed by atoms with van der Waals surface area (Å²) in [5, 5.41) is 11.3. The average molecular weight is 265 g/mol. The van der Waals surface area contributed by atoms with Crippen LogP contribution in [0.15, 0.2) is 34.8 Å². The summed E-state index contributed by atoms with van der Waals surface area (Å²) in [5.41, 5.74) is 0.621. The number of fused-ring (bicyclic) bond motifs is 1. The smallest absolute Gasteiger partial charge is 0.160 e. The van der Waals surface area contributed by atoms with Crippen LogP contribution in [-0.2, 0) is 0 Å². The summed E-state index contributed by atoms with van der Waals surface area (Å²) < 4.78 is 0.548. The van der Waals surface area contributed by atoms with Crippen LogP contribution < -0.4 is 0 Å². The van der Waals surface area contributed by atoms with Crippen molar-refractivity contribution >= 4 is 32.5 Å². The Balaban J connectivity index is 2.94. The molecule has 0 spiro atoms. The van der Waals surface area contributed by atoms with Crippen molar-refractivity contribution in [2.24, 2.45) is 0 Å². The summed E-state index contributed by atoms with van der Waals surface area (Å²) >= 11 is 3.23. The van der Waals surface area contributed by atoms with E-state index in [2.05, 4.69) is 15.9 Å². The van der Waals surface area contributed by atoms with Gasteiger partial charge in [-0.15, -0.1) is 0 Å². The van der Waals surface area contributed by atoms with E-state index in [1.165, 1.54) is 6.92 Å². The fourth-order valence-corrected chi connectivity index (χ4v) is 2.06. The molecule has 0 fully saturated rings. The predicted molar refractivity (Wildman–Crippen MR) is 63.3 cm³/mol. The van der Waals surface area contributed by atoms with Crippen molar-refractivity contribution < 1.29 is 9.90 Å². The molecule has 0 amide bonds. The van der Waals surface area contributed by atoms with Gasteiger partial charge in [-0.2, -0.15) is 0 Å². The normalized spacial score (nSPS) is 10.5. The van der Waals surface area contributed by atoms with Crippen LogP contribution in [0.25, 0.3) is 10.8 Å². The average Bonchev–Trinajstić information content (AvgIpc) is 2.23. The predicted octanol–water partition coefficient (Wildman–Crippen LogP) is 3.51. The van der Waals surface area contributed by atoms with Crippen molar-refractivity contribution in [3.63, 3.8) is 0 Å². The Morgan fingerprint density at radius 3 is 2.47 bits per heavy atom. The van der Waals surface area contributed by atoms with Crippen LogP contribution in [0.5, 0.6) is 5.75 Å². The number of phenolic OH excluding ortho intramolecular Hbond substituents is 1. The third-order valence-electron chi connectivity index (χ3n) is 2.35. The second-order valence-electron chi connectivity index (χ2n) is 3.36. The molecule has 3 heteroatoms. The molecule has 2 rings (SSSR count). The highest BCUT2D eigenvalue weighted by molar-refractivity contribution is 9.10. The van der Waals surface area contributed by atoms with Gasteiger partial charge >= 0.3 is 0 Å². The minimum Gasteiger partial charge on any atom is -0.506 e. The lowest BCUT2D eigenvalue weighted by Gasteiger charge is -2.07. The zero-order valence-electron chi connectivity index (χ0n) is 8.12. The number of hydrogen-bond donors (Lipinski definition) is 1. The number of hydrogen-bond acceptors (Lipinski definition) is 2. The number of carbonyl (C=O) groups excluding carboxylic acids is 1. The monoisotopic (exact) mass is 264 g/mol. The summed E-state index contributed by atoms with van der Waals surface area (Å²) in [6.07, 6.45) is 0. The molecule has 0 saturated heterocycles. The van der Waals surface area contributed by atoms with Gasteiger partial charge in [-0.05, 0) is 34.3 Å². The molecule has 0 aliphatic rings. The molecule has 0 unspecified atom stereocenters. The molecule has 76 valence electrons. The first-order chi connectivity index (χ1) is 7.11. The third-order valence-corrected chi connectivity index (χ3v) is 2.95. The van der Waals surface area contributed by atoms with Crippen molar-refractivity contribution in [3.8, 4) is 5.75 Å². The molecule has 0 radical (unpaired) electrons. The van der Waals surface area contributed by atoms with Crippen molar-refractivity contribution in [2.75, 3.05) is 0 Å². The first-order valence-corrected chi connectivity index (χ1v) is 5.31. The maximum atomic E-state index is 11.4. The second kappa shape index (κ2) is 3.66. The first kappa shape index (κ1) is 10.2. The number of aromatic hydroxyl groups is 1. The fraction of sp³-hybridized carbons (Fsp3) is 0.0833. The Morgan fingerprint density at radius 1 is 1.27 bits per heavy atom. The minimum atomic E-state index is -0.00750. The number of Topliss-reactive ketones (excluding diaryl/α,β-unsaturated/α-hetero) is 1. The highest BCUT2D eigenvalue weighted by Crippen LogP contribution is 2.35. The van der Waals surface area contributed by atoms with Crippen LogP contribution in [0.3, 0.4) is 0 Å². The summed E-state index contributed by atoms with van der Waals surface area (Å²) in [4.78, 5) is 11.4. The number of halogens is 1. The molecule has 0 atom stereocenters.